The third-order valence-corrected chi connectivity index (χ3v) is 4.62. The van der Waals surface area contributed by atoms with Gasteiger partial charge in [-0.15, -0.1) is 0 Å². The van der Waals surface area contributed by atoms with Crippen molar-refractivity contribution in [3.63, 3.8) is 0 Å². The number of rotatable bonds is 6. The third kappa shape index (κ3) is 5.23. The predicted molar refractivity (Wildman–Crippen MR) is 106 cm³/mol. The molecule has 1 N–H and O–H groups in total. The molecule has 0 radical (unpaired) electrons. The highest BCUT2D eigenvalue weighted by Gasteiger charge is 2.21. The lowest BCUT2D eigenvalue weighted by Gasteiger charge is -2.33. The first-order chi connectivity index (χ1) is 13.7. The number of hydrogen-bond donors (Lipinski definition) is 1. The van der Waals surface area contributed by atoms with E-state index in [1.54, 1.807) is 17.0 Å². The molecular formula is C21H25N3O4. The fraction of sp³-hybridized carbons (Fsp3) is 0.333. The van der Waals surface area contributed by atoms with Crippen LogP contribution in [-0.4, -0.2) is 68.2 Å². The SMILES string of the molecule is COC(=O)N1CCN(CCNC(=O)c2ccccc2Oc2ccccc2)CC1. The molecule has 0 spiro atoms. The monoisotopic (exact) mass is 383 g/mol. The smallest absolute Gasteiger partial charge is 0.409 e. The van der Waals surface area contributed by atoms with Crippen LogP contribution >= 0.6 is 0 Å². The van der Waals surface area contributed by atoms with Gasteiger partial charge in [0.2, 0.25) is 0 Å². The summed E-state index contributed by atoms with van der Waals surface area (Å²) >= 11 is 0. The number of nitrogens with one attached hydrogen (secondary N) is 1. The van der Waals surface area contributed by atoms with Crippen molar-refractivity contribution >= 4 is 12.0 Å². The summed E-state index contributed by atoms with van der Waals surface area (Å²) in [5, 5.41) is 2.95. The lowest BCUT2D eigenvalue weighted by Crippen LogP contribution is -2.50. The Morgan fingerprint density at radius 3 is 2.36 bits per heavy atom. The Balaban J connectivity index is 1.49. The largest absolute Gasteiger partial charge is 0.457 e. The topological polar surface area (TPSA) is 71.1 Å². The van der Waals surface area contributed by atoms with Gasteiger partial charge in [-0.1, -0.05) is 30.3 Å². The van der Waals surface area contributed by atoms with E-state index in [2.05, 4.69) is 10.2 Å². The van der Waals surface area contributed by atoms with Crippen molar-refractivity contribution in [1.29, 1.82) is 0 Å². The van der Waals surface area contributed by atoms with Gasteiger partial charge in [0.15, 0.2) is 0 Å². The first kappa shape index (κ1) is 19.7. The number of piperazine rings is 1. The molecule has 2 aromatic rings. The number of nitrogens with zero attached hydrogens (tertiary/aromatic N) is 2. The highest BCUT2D eigenvalue weighted by atomic mass is 16.5. The lowest BCUT2D eigenvalue weighted by molar-refractivity contribution is 0.0884. The fourth-order valence-corrected chi connectivity index (χ4v) is 3.06. The number of benzene rings is 2. The number of carbonyl (C=O) groups is 2. The Morgan fingerprint density at radius 1 is 0.964 bits per heavy atom. The number of ether oxygens (including phenoxy) is 2. The number of amides is 2. The summed E-state index contributed by atoms with van der Waals surface area (Å²) in [5.41, 5.74) is 0.502. The van der Waals surface area contributed by atoms with E-state index in [4.69, 9.17) is 9.47 Å². The number of para-hydroxylation sites is 2. The molecule has 1 aliphatic heterocycles. The zero-order valence-electron chi connectivity index (χ0n) is 16.0. The summed E-state index contributed by atoms with van der Waals surface area (Å²) in [6.45, 7) is 4.04. The van der Waals surface area contributed by atoms with Gasteiger partial charge in [0.1, 0.15) is 11.5 Å². The fourth-order valence-electron chi connectivity index (χ4n) is 3.06. The van der Waals surface area contributed by atoms with Crippen molar-refractivity contribution in [2.75, 3.05) is 46.4 Å². The third-order valence-electron chi connectivity index (χ3n) is 4.62. The van der Waals surface area contributed by atoms with Gasteiger partial charge < -0.3 is 19.7 Å². The van der Waals surface area contributed by atoms with E-state index in [1.807, 2.05) is 42.5 Å². The molecule has 2 amide bonds. The molecule has 1 aliphatic rings. The summed E-state index contributed by atoms with van der Waals surface area (Å²) in [6, 6.07) is 16.6. The first-order valence-electron chi connectivity index (χ1n) is 9.33. The zero-order valence-corrected chi connectivity index (χ0v) is 16.0. The van der Waals surface area contributed by atoms with Gasteiger partial charge >= 0.3 is 6.09 Å². The standard InChI is InChI=1S/C21H25N3O4/c1-27-21(26)24-15-13-23(14-16-24)12-11-22-20(25)18-9-5-6-10-19(18)28-17-7-3-2-4-8-17/h2-10H,11-16H2,1H3,(H,22,25). The maximum atomic E-state index is 12.6. The summed E-state index contributed by atoms with van der Waals surface area (Å²) in [4.78, 5) is 28.0. The van der Waals surface area contributed by atoms with E-state index in [0.29, 0.717) is 36.7 Å². The average molecular weight is 383 g/mol. The quantitative estimate of drug-likeness (QED) is 0.830. The predicted octanol–water partition coefficient (Wildman–Crippen LogP) is 2.59. The highest BCUT2D eigenvalue weighted by molar-refractivity contribution is 5.97. The van der Waals surface area contributed by atoms with Crippen LogP contribution < -0.4 is 10.1 Å². The second-order valence-corrected chi connectivity index (χ2v) is 6.47. The van der Waals surface area contributed by atoms with Crippen LogP contribution in [0.2, 0.25) is 0 Å². The molecule has 7 nitrogen and oxygen atoms in total. The number of methoxy groups -OCH3 is 1. The van der Waals surface area contributed by atoms with Crippen molar-refractivity contribution in [3.8, 4) is 11.5 Å². The van der Waals surface area contributed by atoms with Gasteiger partial charge in [-0.3, -0.25) is 9.69 Å². The van der Waals surface area contributed by atoms with Crippen molar-refractivity contribution in [2.24, 2.45) is 0 Å². The Hall–Kier alpha value is -3.06. The number of hydrogen-bond acceptors (Lipinski definition) is 5. The molecule has 0 atom stereocenters. The Labute approximate surface area is 164 Å². The molecule has 28 heavy (non-hydrogen) atoms. The minimum absolute atomic E-state index is 0.167. The number of carbonyl (C=O) groups excluding carboxylic acids is 2. The van der Waals surface area contributed by atoms with Crippen molar-refractivity contribution < 1.29 is 19.1 Å². The zero-order chi connectivity index (χ0) is 19.8. The Kier molecular flexibility index (Phi) is 6.86. The maximum Gasteiger partial charge on any atom is 0.409 e. The van der Waals surface area contributed by atoms with E-state index in [9.17, 15) is 9.59 Å². The van der Waals surface area contributed by atoms with Crippen LogP contribution in [0.15, 0.2) is 54.6 Å². The van der Waals surface area contributed by atoms with Gasteiger partial charge in [-0.2, -0.15) is 0 Å². The van der Waals surface area contributed by atoms with Crippen molar-refractivity contribution in [2.45, 2.75) is 0 Å². The molecule has 7 heteroatoms. The second-order valence-electron chi connectivity index (χ2n) is 6.47. The molecule has 0 aromatic heterocycles. The first-order valence-corrected chi connectivity index (χ1v) is 9.33. The normalized spacial score (nSPS) is 14.4. The summed E-state index contributed by atoms with van der Waals surface area (Å²) in [7, 11) is 1.39. The van der Waals surface area contributed by atoms with Crippen molar-refractivity contribution in [3.05, 3.63) is 60.2 Å². The van der Waals surface area contributed by atoms with Crippen LogP contribution in [0.4, 0.5) is 4.79 Å². The van der Waals surface area contributed by atoms with Crippen LogP contribution in [0.5, 0.6) is 11.5 Å². The molecule has 0 unspecified atom stereocenters. The molecule has 148 valence electrons. The van der Waals surface area contributed by atoms with Gasteiger partial charge in [0.25, 0.3) is 5.91 Å². The molecule has 0 aliphatic carbocycles. The minimum atomic E-state index is -0.289. The molecule has 1 fully saturated rings. The second kappa shape index (κ2) is 9.75. The summed E-state index contributed by atoms with van der Waals surface area (Å²) in [6.07, 6.45) is -0.289. The maximum absolute atomic E-state index is 12.6. The minimum Gasteiger partial charge on any atom is -0.457 e. The van der Waals surface area contributed by atoms with Gasteiger partial charge in [0.05, 0.1) is 12.7 Å². The summed E-state index contributed by atoms with van der Waals surface area (Å²) < 4.78 is 10.6. The molecular weight excluding hydrogens is 358 g/mol. The van der Waals surface area contributed by atoms with Gasteiger partial charge in [-0.25, -0.2) is 4.79 Å². The van der Waals surface area contributed by atoms with Gasteiger partial charge in [-0.05, 0) is 24.3 Å². The molecule has 0 bridgehead atoms. The van der Waals surface area contributed by atoms with E-state index in [-0.39, 0.29) is 12.0 Å². The lowest BCUT2D eigenvalue weighted by atomic mass is 10.2. The van der Waals surface area contributed by atoms with Crippen molar-refractivity contribution in [1.82, 2.24) is 15.1 Å². The Bertz CT molecular complexity index is 789. The van der Waals surface area contributed by atoms with Crippen LogP contribution in [0.3, 0.4) is 0 Å². The van der Waals surface area contributed by atoms with E-state index in [0.717, 1.165) is 19.6 Å². The van der Waals surface area contributed by atoms with Gasteiger partial charge in [0, 0.05) is 39.3 Å². The summed E-state index contributed by atoms with van der Waals surface area (Å²) in [5.74, 6) is 1.05. The molecule has 0 saturated carbocycles. The van der Waals surface area contributed by atoms with E-state index >= 15 is 0 Å². The van der Waals surface area contributed by atoms with Crippen LogP contribution in [0, 0.1) is 0 Å². The van der Waals surface area contributed by atoms with Crippen LogP contribution in [-0.2, 0) is 4.74 Å². The Morgan fingerprint density at radius 2 is 1.64 bits per heavy atom. The molecule has 1 saturated heterocycles. The van der Waals surface area contributed by atoms with E-state index in [1.165, 1.54) is 7.11 Å². The highest BCUT2D eigenvalue weighted by Crippen LogP contribution is 2.24. The van der Waals surface area contributed by atoms with Crippen LogP contribution in [0.25, 0.3) is 0 Å². The van der Waals surface area contributed by atoms with Crippen LogP contribution in [0.1, 0.15) is 10.4 Å². The molecule has 3 rings (SSSR count). The molecule has 1 heterocycles. The molecule has 2 aromatic carbocycles. The average Bonchev–Trinajstić information content (AvgIpc) is 2.74. The van der Waals surface area contributed by atoms with E-state index < -0.39 is 0 Å².